The van der Waals surface area contributed by atoms with Crippen LogP contribution >= 0.6 is 0 Å². The Balaban J connectivity index is 1.71. The van der Waals surface area contributed by atoms with E-state index in [1.165, 1.54) is 32.6 Å². The molecule has 35 heavy (non-hydrogen) atoms. The molecule has 4 rings (SSSR count). The molecule has 0 amide bonds. The molecule has 1 aromatic heterocycles. The lowest BCUT2D eigenvalue weighted by Crippen LogP contribution is -2.64. The molecule has 2 heterocycles. The van der Waals surface area contributed by atoms with Crippen LogP contribution in [0.25, 0.3) is 0 Å². The molecule has 2 aromatic carbocycles. The van der Waals surface area contributed by atoms with Crippen molar-refractivity contribution in [2.75, 3.05) is 24.9 Å². The molecule has 0 bridgehead atoms. The number of hydrogen-bond acceptors (Lipinski definition) is 8. The number of benzene rings is 2. The molecule has 1 unspecified atom stereocenters. The minimum absolute atomic E-state index is 0.233. The van der Waals surface area contributed by atoms with Gasteiger partial charge in [0.1, 0.15) is 23.0 Å². The van der Waals surface area contributed by atoms with Crippen LogP contribution in [0.1, 0.15) is 31.1 Å². The number of sulfonamides is 1. The lowest BCUT2D eigenvalue weighted by atomic mass is 10.0. The predicted molar refractivity (Wildman–Crippen MR) is 131 cm³/mol. The number of rotatable bonds is 9. The second-order valence-electron chi connectivity index (χ2n) is 8.28. The van der Waals surface area contributed by atoms with E-state index in [-0.39, 0.29) is 11.6 Å². The summed E-state index contributed by atoms with van der Waals surface area (Å²) in [4.78, 5) is 1.63. The Kier molecular flexibility index (Phi) is 6.73. The molecule has 2 N–H and O–H groups in total. The van der Waals surface area contributed by atoms with Crippen molar-refractivity contribution in [1.29, 1.82) is 0 Å². The summed E-state index contributed by atoms with van der Waals surface area (Å²) in [5.74, 6) is -0.822. The van der Waals surface area contributed by atoms with Gasteiger partial charge in [0.25, 0.3) is 0 Å². The van der Waals surface area contributed by atoms with E-state index in [2.05, 4.69) is 15.2 Å². The van der Waals surface area contributed by atoms with Gasteiger partial charge in [0.15, 0.2) is 17.4 Å². The first kappa shape index (κ1) is 24.6. The highest BCUT2D eigenvalue weighted by atomic mass is 32.2. The van der Waals surface area contributed by atoms with E-state index in [4.69, 9.17) is 13.9 Å². The van der Waals surface area contributed by atoms with Gasteiger partial charge in [0.05, 0.1) is 26.2 Å². The predicted octanol–water partition coefficient (Wildman–Crippen LogP) is 3.60. The fourth-order valence-electron chi connectivity index (χ4n) is 4.06. The van der Waals surface area contributed by atoms with E-state index >= 15 is 0 Å². The number of hydrogen-bond donors (Lipinski definition) is 2. The highest BCUT2D eigenvalue weighted by Crippen LogP contribution is 2.42. The summed E-state index contributed by atoms with van der Waals surface area (Å²) in [6, 6.07) is 14.4. The third-order valence-electron chi connectivity index (χ3n) is 5.67. The SMILES string of the molecule is COc1cccc(OC)c1N1C(c2ccco2)=NNC1(C)NS(=O)(=O)C[C@@H](C)c1ccc(F)cc1. The first-order valence-corrected chi connectivity index (χ1v) is 12.5. The van der Waals surface area contributed by atoms with Crippen LogP contribution in [0.5, 0.6) is 11.5 Å². The number of ether oxygens (including phenoxy) is 2. The van der Waals surface area contributed by atoms with Crippen LogP contribution in [0.3, 0.4) is 0 Å². The molecule has 0 saturated carbocycles. The van der Waals surface area contributed by atoms with Crippen molar-refractivity contribution in [1.82, 2.24) is 10.1 Å². The monoisotopic (exact) mass is 502 g/mol. The van der Waals surface area contributed by atoms with Crippen LogP contribution in [0.4, 0.5) is 10.1 Å². The number of nitrogens with zero attached hydrogens (tertiary/aromatic N) is 2. The molecular weight excluding hydrogens is 475 g/mol. The molecule has 0 saturated heterocycles. The Labute approximate surface area is 203 Å². The summed E-state index contributed by atoms with van der Waals surface area (Å²) >= 11 is 0. The zero-order valence-corrected chi connectivity index (χ0v) is 20.6. The van der Waals surface area contributed by atoms with E-state index < -0.39 is 21.7 Å². The van der Waals surface area contributed by atoms with Gasteiger partial charge >= 0.3 is 0 Å². The Morgan fingerprint density at radius 2 is 1.77 bits per heavy atom. The van der Waals surface area contributed by atoms with Gasteiger partial charge in [-0.2, -0.15) is 9.82 Å². The summed E-state index contributed by atoms with van der Waals surface area (Å²) in [5.41, 5.74) is 4.06. The Hall–Kier alpha value is -3.57. The quantitative estimate of drug-likeness (QED) is 0.461. The number of halogens is 1. The van der Waals surface area contributed by atoms with Crippen molar-refractivity contribution in [3.63, 3.8) is 0 Å². The summed E-state index contributed by atoms with van der Waals surface area (Å²) in [6.45, 7) is 3.40. The first-order chi connectivity index (χ1) is 16.7. The molecule has 1 aliphatic rings. The molecule has 0 aliphatic carbocycles. The van der Waals surface area contributed by atoms with Crippen LogP contribution in [-0.4, -0.2) is 40.0 Å². The lowest BCUT2D eigenvalue weighted by molar-refractivity contribution is 0.356. The maximum absolute atomic E-state index is 13.3. The van der Waals surface area contributed by atoms with Gasteiger partial charge in [-0.3, -0.25) is 10.3 Å². The van der Waals surface area contributed by atoms with E-state index in [0.29, 0.717) is 34.3 Å². The third kappa shape index (κ3) is 4.96. The molecule has 3 aromatic rings. The number of methoxy groups -OCH3 is 2. The molecule has 1 aliphatic heterocycles. The van der Waals surface area contributed by atoms with Crippen LogP contribution in [0.15, 0.2) is 70.4 Å². The molecule has 186 valence electrons. The topological polar surface area (TPSA) is 105 Å². The highest BCUT2D eigenvalue weighted by molar-refractivity contribution is 7.89. The number of para-hydroxylation sites is 1. The number of anilines is 1. The molecule has 11 heteroatoms. The third-order valence-corrected chi connectivity index (χ3v) is 7.32. The van der Waals surface area contributed by atoms with Crippen molar-refractivity contribution in [3.8, 4) is 11.5 Å². The standard InChI is InChI=1S/C24H27FN4O5S/c1-16(17-10-12-18(25)13-11-17)15-35(30,31)28-24(2)27-26-23(21-9-6-14-34-21)29(24)22-19(32-3)7-5-8-20(22)33-4/h5-14,16,27-28H,15H2,1-4H3/t16-,24?/m1/s1. The molecule has 0 spiro atoms. The second-order valence-corrected chi connectivity index (χ2v) is 10.0. The van der Waals surface area contributed by atoms with Crippen molar-refractivity contribution in [3.05, 3.63) is 78.0 Å². The largest absolute Gasteiger partial charge is 0.494 e. The van der Waals surface area contributed by atoms with Gasteiger partial charge in [-0.05, 0) is 54.8 Å². The maximum atomic E-state index is 13.3. The van der Waals surface area contributed by atoms with Crippen LogP contribution in [-0.2, 0) is 10.0 Å². The van der Waals surface area contributed by atoms with Gasteiger partial charge < -0.3 is 13.9 Å². The summed E-state index contributed by atoms with van der Waals surface area (Å²) in [5, 5.41) is 4.39. The normalized spacial score (nSPS) is 18.7. The summed E-state index contributed by atoms with van der Waals surface area (Å²) in [6.07, 6.45) is 1.50. The van der Waals surface area contributed by atoms with Gasteiger partial charge in [0.2, 0.25) is 10.0 Å². The molecule has 9 nitrogen and oxygen atoms in total. The average Bonchev–Trinajstić information content (AvgIpc) is 3.46. The van der Waals surface area contributed by atoms with Crippen LogP contribution < -0.4 is 24.5 Å². The van der Waals surface area contributed by atoms with Gasteiger partial charge in [0, 0.05) is 0 Å². The van der Waals surface area contributed by atoms with E-state index in [0.717, 1.165) is 0 Å². The average molecular weight is 503 g/mol. The van der Waals surface area contributed by atoms with E-state index in [9.17, 15) is 12.8 Å². The van der Waals surface area contributed by atoms with E-state index in [1.807, 2.05) is 0 Å². The van der Waals surface area contributed by atoms with Gasteiger partial charge in [-0.1, -0.05) is 25.1 Å². The highest BCUT2D eigenvalue weighted by Gasteiger charge is 2.46. The number of nitrogens with one attached hydrogen (secondary N) is 2. The van der Waals surface area contributed by atoms with Gasteiger partial charge in [-0.15, -0.1) is 0 Å². The minimum Gasteiger partial charge on any atom is -0.494 e. The smallest absolute Gasteiger partial charge is 0.215 e. The van der Waals surface area contributed by atoms with Crippen molar-refractivity contribution >= 4 is 21.5 Å². The number of hydrazone groups is 1. The molecular formula is C24H27FN4O5S. The Bertz CT molecular complexity index is 1290. The zero-order valence-electron chi connectivity index (χ0n) is 19.8. The molecule has 0 radical (unpaired) electrons. The molecule has 2 atom stereocenters. The number of furan rings is 1. The zero-order chi connectivity index (χ0) is 25.2. The van der Waals surface area contributed by atoms with E-state index in [1.54, 1.807) is 61.2 Å². The lowest BCUT2D eigenvalue weighted by Gasteiger charge is -2.37. The minimum atomic E-state index is -3.89. The van der Waals surface area contributed by atoms with Crippen molar-refractivity contribution < 1.29 is 26.7 Å². The summed E-state index contributed by atoms with van der Waals surface area (Å²) < 4.78 is 59.4. The Morgan fingerprint density at radius 3 is 2.34 bits per heavy atom. The first-order valence-electron chi connectivity index (χ1n) is 10.8. The summed E-state index contributed by atoms with van der Waals surface area (Å²) in [7, 11) is -0.864. The van der Waals surface area contributed by atoms with Crippen LogP contribution in [0, 0.1) is 5.82 Å². The molecule has 0 fully saturated rings. The van der Waals surface area contributed by atoms with Crippen molar-refractivity contribution in [2.24, 2.45) is 5.10 Å². The van der Waals surface area contributed by atoms with Crippen LogP contribution in [0.2, 0.25) is 0 Å². The van der Waals surface area contributed by atoms with Gasteiger partial charge in [-0.25, -0.2) is 12.8 Å². The van der Waals surface area contributed by atoms with Crippen molar-refractivity contribution in [2.45, 2.75) is 25.6 Å². The number of amidine groups is 1. The maximum Gasteiger partial charge on any atom is 0.215 e. The Morgan fingerprint density at radius 1 is 1.11 bits per heavy atom. The fourth-order valence-corrected chi connectivity index (χ4v) is 5.73. The fraction of sp³-hybridized carbons (Fsp3) is 0.292. The second kappa shape index (κ2) is 9.59.